The van der Waals surface area contributed by atoms with Crippen LogP contribution < -0.4 is 9.47 Å². The van der Waals surface area contributed by atoms with E-state index < -0.39 is 11.8 Å². The first kappa shape index (κ1) is 19.8. The summed E-state index contributed by atoms with van der Waals surface area (Å²) in [5.41, 5.74) is 1.16. The SMILES string of the molecule is C=CCOc1c(Br)cc(/C=C2\N=C(c3cccc(F)c3)OC2=O)cc1OCC. The molecular formula is C21H17BrFNO4. The minimum Gasteiger partial charge on any atom is -0.490 e. The number of hydrogen-bond donors (Lipinski definition) is 0. The van der Waals surface area contributed by atoms with Crippen molar-refractivity contribution in [3.8, 4) is 11.5 Å². The number of rotatable bonds is 7. The molecule has 2 aromatic carbocycles. The second kappa shape index (κ2) is 8.84. The van der Waals surface area contributed by atoms with Crippen LogP contribution in [0.5, 0.6) is 11.5 Å². The third-order valence-electron chi connectivity index (χ3n) is 3.67. The van der Waals surface area contributed by atoms with Gasteiger partial charge in [0, 0.05) is 5.56 Å². The number of carbonyl (C=O) groups excluding carboxylic acids is 1. The number of aliphatic imine (C=N–C) groups is 1. The highest BCUT2D eigenvalue weighted by Crippen LogP contribution is 2.38. The van der Waals surface area contributed by atoms with E-state index in [1.807, 2.05) is 6.92 Å². The van der Waals surface area contributed by atoms with Gasteiger partial charge in [-0.3, -0.25) is 0 Å². The highest BCUT2D eigenvalue weighted by atomic mass is 79.9. The quantitative estimate of drug-likeness (QED) is 0.345. The summed E-state index contributed by atoms with van der Waals surface area (Å²) in [6.07, 6.45) is 3.20. The standard InChI is InChI=1S/C21H17BrFNO4/c1-3-8-27-19-16(22)9-13(11-18(19)26-4-2)10-17-21(25)28-20(24-17)14-6-5-7-15(23)12-14/h3,5-7,9-12H,1,4,8H2,2H3/b17-10-. The molecule has 0 N–H and O–H groups in total. The molecule has 0 amide bonds. The second-order valence-corrected chi connectivity index (χ2v) is 6.56. The number of nitrogens with zero attached hydrogens (tertiary/aromatic N) is 1. The molecule has 0 saturated carbocycles. The van der Waals surface area contributed by atoms with Crippen LogP contribution in [0.3, 0.4) is 0 Å². The van der Waals surface area contributed by atoms with Crippen molar-refractivity contribution in [2.75, 3.05) is 13.2 Å². The highest BCUT2D eigenvalue weighted by Gasteiger charge is 2.24. The van der Waals surface area contributed by atoms with Crippen molar-refractivity contribution >= 4 is 33.9 Å². The summed E-state index contributed by atoms with van der Waals surface area (Å²) in [5.74, 6) is 0.0771. The molecule has 0 spiro atoms. The van der Waals surface area contributed by atoms with Gasteiger partial charge in [-0.25, -0.2) is 14.2 Å². The minimum absolute atomic E-state index is 0.0609. The Labute approximate surface area is 170 Å². The number of carbonyl (C=O) groups is 1. The van der Waals surface area contributed by atoms with Gasteiger partial charge in [0.15, 0.2) is 17.2 Å². The molecule has 5 nitrogen and oxygen atoms in total. The molecule has 1 heterocycles. The Balaban J connectivity index is 1.95. The van der Waals surface area contributed by atoms with Crippen LogP contribution in [0.4, 0.5) is 4.39 Å². The molecule has 7 heteroatoms. The van der Waals surface area contributed by atoms with E-state index in [9.17, 15) is 9.18 Å². The molecule has 0 aromatic heterocycles. The average molecular weight is 446 g/mol. The Kier molecular flexibility index (Phi) is 6.26. The third-order valence-corrected chi connectivity index (χ3v) is 4.26. The van der Waals surface area contributed by atoms with Gasteiger partial charge in [-0.05, 0) is 64.8 Å². The lowest BCUT2D eigenvalue weighted by atomic mass is 10.1. The van der Waals surface area contributed by atoms with Crippen molar-refractivity contribution < 1.29 is 23.4 Å². The normalized spacial score (nSPS) is 14.6. The Bertz CT molecular complexity index is 984. The van der Waals surface area contributed by atoms with Crippen LogP contribution in [-0.4, -0.2) is 25.1 Å². The maximum atomic E-state index is 13.4. The van der Waals surface area contributed by atoms with Gasteiger partial charge in [-0.2, -0.15) is 0 Å². The monoisotopic (exact) mass is 445 g/mol. The van der Waals surface area contributed by atoms with E-state index in [4.69, 9.17) is 14.2 Å². The zero-order valence-electron chi connectivity index (χ0n) is 15.1. The van der Waals surface area contributed by atoms with E-state index in [0.717, 1.165) is 0 Å². The summed E-state index contributed by atoms with van der Waals surface area (Å²) in [4.78, 5) is 16.4. The maximum absolute atomic E-state index is 13.4. The van der Waals surface area contributed by atoms with E-state index in [2.05, 4.69) is 27.5 Å². The Morgan fingerprint density at radius 3 is 2.82 bits per heavy atom. The van der Waals surface area contributed by atoms with Crippen molar-refractivity contribution in [1.82, 2.24) is 0 Å². The van der Waals surface area contributed by atoms with Gasteiger partial charge in [-0.1, -0.05) is 18.7 Å². The molecule has 0 radical (unpaired) electrons. The Hall–Kier alpha value is -2.93. The predicted molar refractivity (Wildman–Crippen MR) is 108 cm³/mol. The predicted octanol–water partition coefficient (Wildman–Crippen LogP) is 4.90. The first-order valence-electron chi connectivity index (χ1n) is 8.50. The summed E-state index contributed by atoms with van der Waals surface area (Å²) >= 11 is 3.46. The second-order valence-electron chi connectivity index (χ2n) is 5.71. The molecule has 0 atom stereocenters. The molecule has 144 valence electrons. The van der Waals surface area contributed by atoms with E-state index in [1.54, 1.807) is 30.4 Å². The van der Waals surface area contributed by atoms with Gasteiger partial charge in [-0.15, -0.1) is 0 Å². The van der Waals surface area contributed by atoms with E-state index in [-0.39, 0.29) is 11.6 Å². The van der Waals surface area contributed by atoms with Crippen LogP contribution in [0.1, 0.15) is 18.1 Å². The first-order chi connectivity index (χ1) is 13.5. The molecular weight excluding hydrogens is 429 g/mol. The van der Waals surface area contributed by atoms with Gasteiger partial charge >= 0.3 is 5.97 Å². The lowest BCUT2D eigenvalue weighted by Crippen LogP contribution is -2.05. The lowest BCUT2D eigenvalue weighted by Gasteiger charge is -2.13. The first-order valence-corrected chi connectivity index (χ1v) is 9.29. The molecule has 28 heavy (non-hydrogen) atoms. The maximum Gasteiger partial charge on any atom is 0.363 e. The number of cyclic esters (lactones) is 1. The molecule has 0 aliphatic carbocycles. The fourth-order valence-corrected chi connectivity index (χ4v) is 3.10. The van der Waals surface area contributed by atoms with Crippen LogP contribution in [0.2, 0.25) is 0 Å². The number of ether oxygens (including phenoxy) is 3. The minimum atomic E-state index is -0.611. The highest BCUT2D eigenvalue weighted by molar-refractivity contribution is 9.10. The molecule has 0 saturated heterocycles. The number of benzene rings is 2. The lowest BCUT2D eigenvalue weighted by molar-refractivity contribution is -0.129. The summed E-state index contributed by atoms with van der Waals surface area (Å²) in [6, 6.07) is 9.22. The zero-order valence-corrected chi connectivity index (χ0v) is 16.7. The van der Waals surface area contributed by atoms with E-state index in [0.29, 0.717) is 40.3 Å². The summed E-state index contributed by atoms with van der Waals surface area (Å²) in [7, 11) is 0. The molecule has 0 bridgehead atoms. The van der Waals surface area contributed by atoms with Crippen LogP contribution in [0, 0.1) is 5.82 Å². The van der Waals surface area contributed by atoms with E-state index >= 15 is 0 Å². The van der Waals surface area contributed by atoms with Crippen molar-refractivity contribution in [3.63, 3.8) is 0 Å². The van der Waals surface area contributed by atoms with Crippen molar-refractivity contribution in [3.05, 3.63) is 76.2 Å². The van der Waals surface area contributed by atoms with Gasteiger partial charge in [0.2, 0.25) is 5.90 Å². The number of esters is 1. The fraction of sp³-hybridized carbons (Fsp3) is 0.143. The van der Waals surface area contributed by atoms with Gasteiger partial charge in [0.25, 0.3) is 0 Å². The van der Waals surface area contributed by atoms with Crippen LogP contribution in [0.25, 0.3) is 6.08 Å². The van der Waals surface area contributed by atoms with Crippen molar-refractivity contribution in [2.24, 2.45) is 4.99 Å². The molecule has 2 aromatic rings. The molecule has 1 aliphatic heterocycles. The number of hydrogen-bond acceptors (Lipinski definition) is 5. The number of halogens is 2. The third kappa shape index (κ3) is 4.48. The molecule has 1 aliphatic rings. The Morgan fingerprint density at radius 2 is 2.11 bits per heavy atom. The molecule has 3 rings (SSSR count). The van der Waals surface area contributed by atoms with Gasteiger partial charge < -0.3 is 14.2 Å². The summed E-state index contributed by atoms with van der Waals surface area (Å²) in [6.45, 7) is 6.27. The smallest absolute Gasteiger partial charge is 0.363 e. The summed E-state index contributed by atoms with van der Waals surface area (Å²) in [5, 5.41) is 0. The van der Waals surface area contributed by atoms with Crippen LogP contribution in [0.15, 0.2) is 64.2 Å². The Morgan fingerprint density at radius 1 is 1.29 bits per heavy atom. The van der Waals surface area contributed by atoms with Crippen molar-refractivity contribution in [2.45, 2.75) is 6.92 Å². The van der Waals surface area contributed by atoms with Gasteiger partial charge in [0.1, 0.15) is 12.4 Å². The largest absolute Gasteiger partial charge is 0.490 e. The zero-order chi connectivity index (χ0) is 20.1. The molecule has 0 fully saturated rings. The average Bonchev–Trinajstić information content (AvgIpc) is 3.02. The topological polar surface area (TPSA) is 57.1 Å². The van der Waals surface area contributed by atoms with Gasteiger partial charge in [0.05, 0.1) is 11.1 Å². The van der Waals surface area contributed by atoms with Crippen LogP contribution in [-0.2, 0) is 9.53 Å². The van der Waals surface area contributed by atoms with Crippen molar-refractivity contribution in [1.29, 1.82) is 0 Å². The van der Waals surface area contributed by atoms with E-state index in [1.165, 1.54) is 18.2 Å². The van der Waals surface area contributed by atoms with Crippen LogP contribution >= 0.6 is 15.9 Å². The summed E-state index contributed by atoms with van der Waals surface area (Å²) < 4.78 is 30.5. The molecule has 0 unspecified atom stereocenters. The fourth-order valence-electron chi connectivity index (χ4n) is 2.53.